The van der Waals surface area contributed by atoms with Crippen LogP contribution >= 0.6 is 11.3 Å². The monoisotopic (exact) mass is 287 g/mol. The van der Waals surface area contributed by atoms with Crippen molar-refractivity contribution in [3.8, 4) is 0 Å². The van der Waals surface area contributed by atoms with Gasteiger partial charge in [0.25, 0.3) is 10.0 Å². The lowest BCUT2D eigenvalue weighted by Gasteiger charge is -2.14. The summed E-state index contributed by atoms with van der Waals surface area (Å²) in [6.07, 6.45) is 1.34. The maximum absolute atomic E-state index is 12.2. The number of nitrogens with one attached hydrogen (secondary N) is 1. The Bertz CT molecular complexity index is 605. The molecule has 3 N–H and O–H groups in total. The summed E-state index contributed by atoms with van der Waals surface area (Å²) < 4.78 is 25.9. The van der Waals surface area contributed by atoms with Crippen molar-refractivity contribution < 1.29 is 8.42 Å². The molecule has 0 aliphatic rings. The fourth-order valence-corrected chi connectivity index (χ4v) is 3.94. The zero-order chi connectivity index (χ0) is 13.2. The van der Waals surface area contributed by atoms with E-state index in [0.29, 0.717) is 12.4 Å². The number of thiophene rings is 1. The summed E-state index contributed by atoms with van der Waals surface area (Å²) in [5.41, 5.74) is 5.47. The van der Waals surface area contributed by atoms with Gasteiger partial charge in [-0.25, -0.2) is 13.4 Å². The van der Waals surface area contributed by atoms with Crippen molar-refractivity contribution in [3.05, 3.63) is 29.2 Å². The van der Waals surface area contributed by atoms with Crippen LogP contribution in [0, 0.1) is 0 Å². The molecule has 7 nitrogen and oxygen atoms in total. The second-order valence-electron chi connectivity index (χ2n) is 3.62. The minimum atomic E-state index is -3.50. The van der Waals surface area contributed by atoms with Crippen LogP contribution in [0.25, 0.3) is 0 Å². The highest BCUT2D eigenvalue weighted by Crippen LogP contribution is 2.24. The molecule has 0 aromatic carbocycles. The largest absolute Gasteiger partial charge is 0.326 e. The van der Waals surface area contributed by atoms with Gasteiger partial charge in [0.15, 0.2) is 0 Å². The van der Waals surface area contributed by atoms with E-state index in [1.807, 2.05) is 0 Å². The molecule has 0 spiro atoms. The Hall–Kier alpha value is -1.29. The average Bonchev–Trinajstić information content (AvgIpc) is 2.99. The van der Waals surface area contributed by atoms with Crippen LogP contribution in [0.15, 0.2) is 22.7 Å². The lowest BCUT2D eigenvalue weighted by molar-refractivity contribution is 0.459. The first-order valence-corrected chi connectivity index (χ1v) is 7.39. The van der Waals surface area contributed by atoms with Gasteiger partial charge in [-0.2, -0.15) is 9.40 Å². The summed E-state index contributed by atoms with van der Waals surface area (Å²) in [6.45, 7) is 0.490. The summed E-state index contributed by atoms with van der Waals surface area (Å²) in [6, 6.07) is 3.29. The molecule has 18 heavy (non-hydrogen) atoms. The van der Waals surface area contributed by atoms with E-state index < -0.39 is 10.0 Å². The molecular formula is C9H13N5O2S2. The van der Waals surface area contributed by atoms with Crippen molar-refractivity contribution in [1.29, 1.82) is 0 Å². The van der Waals surface area contributed by atoms with Crippen molar-refractivity contribution in [1.82, 2.24) is 19.5 Å². The summed E-state index contributed by atoms with van der Waals surface area (Å²) in [5, 5.41) is 6.30. The second-order valence-corrected chi connectivity index (χ2v) is 7.06. The molecular weight excluding hydrogens is 274 g/mol. The van der Waals surface area contributed by atoms with E-state index in [2.05, 4.69) is 15.2 Å². The molecule has 2 aromatic heterocycles. The van der Waals surface area contributed by atoms with Gasteiger partial charge >= 0.3 is 0 Å². The first-order valence-electron chi connectivity index (χ1n) is 5.13. The third kappa shape index (κ3) is 2.58. The van der Waals surface area contributed by atoms with Gasteiger partial charge in [-0.15, -0.1) is 11.3 Å². The van der Waals surface area contributed by atoms with Crippen molar-refractivity contribution in [2.75, 3.05) is 7.05 Å². The smallest absolute Gasteiger partial charge is 0.252 e. The molecule has 0 atom stereocenters. The van der Waals surface area contributed by atoms with Gasteiger partial charge in [0.2, 0.25) is 0 Å². The van der Waals surface area contributed by atoms with Gasteiger partial charge in [0.1, 0.15) is 16.4 Å². The van der Waals surface area contributed by atoms with Crippen molar-refractivity contribution >= 4 is 21.4 Å². The van der Waals surface area contributed by atoms with E-state index >= 15 is 0 Å². The molecule has 0 fully saturated rings. The topological polar surface area (TPSA) is 105 Å². The first kappa shape index (κ1) is 13.1. The van der Waals surface area contributed by atoms with Crippen molar-refractivity contribution in [2.24, 2.45) is 5.73 Å². The summed E-state index contributed by atoms with van der Waals surface area (Å²) in [7, 11) is -2.00. The number of nitrogens with zero attached hydrogens (tertiary/aromatic N) is 3. The quantitative estimate of drug-likeness (QED) is 0.814. The Morgan fingerprint density at radius 1 is 1.50 bits per heavy atom. The number of sulfonamides is 1. The van der Waals surface area contributed by atoms with Crippen LogP contribution in [0.3, 0.4) is 0 Å². The molecule has 0 saturated carbocycles. The Kier molecular flexibility index (Phi) is 3.76. The van der Waals surface area contributed by atoms with Gasteiger partial charge < -0.3 is 5.73 Å². The number of hydrogen-bond donors (Lipinski definition) is 2. The molecule has 0 aliphatic heterocycles. The highest BCUT2D eigenvalue weighted by atomic mass is 32.2. The number of nitrogens with two attached hydrogens (primary N) is 1. The summed E-state index contributed by atoms with van der Waals surface area (Å²) in [4.78, 5) is 4.73. The van der Waals surface area contributed by atoms with Gasteiger partial charge in [-0.3, -0.25) is 5.10 Å². The molecule has 2 aromatic rings. The zero-order valence-electron chi connectivity index (χ0n) is 9.70. The van der Waals surface area contributed by atoms with Gasteiger partial charge in [-0.1, -0.05) is 0 Å². The number of hydrogen-bond acceptors (Lipinski definition) is 6. The van der Waals surface area contributed by atoms with E-state index in [1.54, 1.807) is 12.1 Å². The van der Waals surface area contributed by atoms with E-state index in [1.165, 1.54) is 29.0 Å². The number of rotatable bonds is 5. The molecule has 0 unspecified atom stereocenters. The molecule has 0 radical (unpaired) electrons. The minimum Gasteiger partial charge on any atom is -0.326 e. The maximum Gasteiger partial charge on any atom is 0.252 e. The SMILES string of the molecule is CN(Cc1ncn[nH]1)S(=O)(=O)c1ccc(CN)s1. The predicted molar refractivity (Wildman–Crippen MR) is 67.2 cm³/mol. The Morgan fingerprint density at radius 3 is 2.83 bits per heavy atom. The summed E-state index contributed by atoms with van der Waals surface area (Å²) >= 11 is 1.18. The molecule has 0 bridgehead atoms. The van der Waals surface area contributed by atoms with Gasteiger partial charge in [0.05, 0.1) is 6.54 Å². The van der Waals surface area contributed by atoms with Crippen LogP contribution in [0.2, 0.25) is 0 Å². The summed E-state index contributed by atoms with van der Waals surface area (Å²) in [5.74, 6) is 0.497. The van der Waals surface area contributed by atoms with Crippen molar-refractivity contribution in [2.45, 2.75) is 17.3 Å². The second kappa shape index (κ2) is 5.14. The van der Waals surface area contributed by atoms with Crippen LogP contribution in [0.1, 0.15) is 10.7 Å². The third-order valence-electron chi connectivity index (χ3n) is 2.34. The fourth-order valence-electron chi connectivity index (χ4n) is 1.36. The molecule has 98 valence electrons. The van der Waals surface area contributed by atoms with Crippen LogP contribution < -0.4 is 5.73 Å². The lowest BCUT2D eigenvalue weighted by atomic mass is 10.5. The minimum absolute atomic E-state index is 0.151. The Balaban J connectivity index is 2.19. The van der Waals surface area contributed by atoms with Crippen LogP contribution in [-0.2, 0) is 23.1 Å². The normalized spacial score (nSPS) is 12.2. The number of H-pyrrole nitrogens is 1. The van der Waals surface area contributed by atoms with E-state index in [0.717, 1.165) is 4.88 Å². The molecule has 9 heteroatoms. The molecule has 2 heterocycles. The maximum atomic E-state index is 12.2. The van der Waals surface area contributed by atoms with Crippen LogP contribution in [-0.4, -0.2) is 35.0 Å². The standard InChI is InChI=1S/C9H13N5O2S2/c1-14(5-8-11-6-12-13-8)18(15,16)9-3-2-7(4-10)17-9/h2-3,6H,4-5,10H2,1H3,(H,11,12,13). The number of aromatic amines is 1. The zero-order valence-corrected chi connectivity index (χ0v) is 11.3. The highest BCUT2D eigenvalue weighted by Gasteiger charge is 2.23. The predicted octanol–water partition coefficient (Wildman–Crippen LogP) is 0.146. The van der Waals surface area contributed by atoms with Crippen LogP contribution in [0.5, 0.6) is 0 Å². The fraction of sp³-hybridized carbons (Fsp3) is 0.333. The van der Waals surface area contributed by atoms with E-state index in [4.69, 9.17) is 5.73 Å². The van der Waals surface area contributed by atoms with Crippen LogP contribution in [0.4, 0.5) is 0 Å². The molecule has 2 rings (SSSR count). The Morgan fingerprint density at radius 2 is 2.28 bits per heavy atom. The number of aromatic nitrogens is 3. The molecule has 0 amide bonds. The Labute approximate surface area is 109 Å². The van der Waals surface area contributed by atoms with E-state index in [-0.39, 0.29) is 10.8 Å². The molecule has 0 aliphatic carbocycles. The average molecular weight is 287 g/mol. The lowest BCUT2D eigenvalue weighted by Crippen LogP contribution is -2.26. The van der Waals surface area contributed by atoms with Gasteiger partial charge in [-0.05, 0) is 12.1 Å². The molecule has 0 saturated heterocycles. The van der Waals surface area contributed by atoms with Gasteiger partial charge in [0, 0.05) is 18.5 Å². The van der Waals surface area contributed by atoms with Crippen molar-refractivity contribution in [3.63, 3.8) is 0 Å². The van der Waals surface area contributed by atoms with E-state index in [9.17, 15) is 8.42 Å². The highest BCUT2D eigenvalue weighted by molar-refractivity contribution is 7.91. The third-order valence-corrected chi connectivity index (χ3v) is 5.72. The first-order chi connectivity index (χ1) is 8.54.